The van der Waals surface area contributed by atoms with Gasteiger partial charge in [0.15, 0.2) is 0 Å². The number of benzene rings is 2. The van der Waals surface area contributed by atoms with E-state index in [-0.39, 0.29) is 29.7 Å². The first kappa shape index (κ1) is 15.7. The Morgan fingerprint density at radius 3 is 2.57 bits per heavy atom. The second kappa shape index (κ2) is 6.50. The SMILES string of the molecule is CN(C)[C@H](C(=O)N[C@H]1C[C@H]1c1cccc(F)c1)c1ccccc1. The van der Waals surface area contributed by atoms with E-state index in [1.54, 1.807) is 12.1 Å². The van der Waals surface area contributed by atoms with Crippen LogP contribution < -0.4 is 5.32 Å². The first-order valence-corrected chi connectivity index (χ1v) is 7.83. The number of rotatable bonds is 5. The van der Waals surface area contributed by atoms with Gasteiger partial charge in [0.2, 0.25) is 5.91 Å². The average molecular weight is 312 g/mol. The normalized spacial score (nSPS) is 21.0. The summed E-state index contributed by atoms with van der Waals surface area (Å²) in [6, 6.07) is 16.1. The maximum atomic E-state index is 13.3. The highest BCUT2D eigenvalue weighted by Gasteiger charge is 2.41. The fourth-order valence-corrected chi connectivity index (χ4v) is 3.04. The second-order valence-corrected chi connectivity index (χ2v) is 6.29. The van der Waals surface area contributed by atoms with Gasteiger partial charge in [0, 0.05) is 12.0 Å². The molecule has 1 aliphatic carbocycles. The Morgan fingerprint density at radius 1 is 1.17 bits per heavy atom. The molecule has 3 atom stereocenters. The minimum absolute atomic E-state index is 0.00916. The number of likely N-dealkylation sites (N-methyl/N-ethyl adjacent to an activating group) is 1. The second-order valence-electron chi connectivity index (χ2n) is 6.29. The lowest BCUT2D eigenvalue weighted by atomic mass is 10.1. The Bertz CT molecular complexity index is 687. The quantitative estimate of drug-likeness (QED) is 0.920. The van der Waals surface area contributed by atoms with Crippen LogP contribution in [0.15, 0.2) is 54.6 Å². The monoisotopic (exact) mass is 312 g/mol. The van der Waals surface area contributed by atoms with Gasteiger partial charge in [-0.25, -0.2) is 4.39 Å². The Labute approximate surface area is 136 Å². The molecular weight excluding hydrogens is 291 g/mol. The van der Waals surface area contributed by atoms with Crippen molar-refractivity contribution in [3.05, 3.63) is 71.5 Å². The van der Waals surface area contributed by atoms with Crippen LogP contribution in [0.2, 0.25) is 0 Å². The molecule has 3 rings (SSSR count). The highest BCUT2D eigenvalue weighted by Crippen LogP contribution is 2.41. The van der Waals surface area contributed by atoms with E-state index in [0.29, 0.717) is 0 Å². The lowest BCUT2D eigenvalue weighted by molar-refractivity contribution is -0.125. The minimum Gasteiger partial charge on any atom is -0.351 e. The molecule has 0 spiro atoms. The predicted molar refractivity (Wildman–Crippen MR) is 88.6 cm³/mol. The molecule has 2 aromatic carbocycles. The van der Waals surface area contributed by atoms with Gasteiger partial charge in [-0.1, -0.05) is 42.5 Å². The number of carbonyl (C=O) groups is 1. The highest BCUT2D eigenvalue weighted by molar-refractivity contribution is 5.83. The Balaban J connectivity index is 1.67. The predicted octanol–water partition coefficient (Wildman–Crippen LogP) is 3.10. The molecule has 1 N–H and O–H groups in total. The van der Waals surface area contributed by atoms with Crippen LogP contribution in [-0.4, -0.2) is 30.9 Å². The van der Waals surface area contributed by atoms with E-state index in [9.17, 15) is 9.18 Å². The summed E-state index contributed by atoms with van der Waals surface area (Å²) in [6.45, 7) is 0. The van der Waals surface area contributed by atoms with Gasteiger partial charge in [0.05, 0.1) is 0 Å². The van der Waals surface area contributed by atoms with Gasteiger partial charge >= 0.3 is 0 Å². The van der Waals surface area contributed by atoms with Crippen LogP contribution in [0.3, 0.4) is 0 Å². The van der Waals surface area contributed by atoms with Crippen LogP contribution in [0.25, 0.3) is 0 Å². The Morgan fingerprint density at radius 2 is 1.91 bits per heavy atom. The average Bonchev–Trinajstić information content (AvgIpc) is 3.27. The number of nitrogens with zero attached hydrogens (tertiary/aromatic N) is 1. The van der Waals surface area contributed by atoms with Crippen LogP contribution >= 0.6 is 0 Å². The summed E-state index contributed by atoms with van der Waals surface area (Å²) in [4.78, 5) is 14.6. The fraction of sp³-hybridized carbons (Fsp3) is 0.316. The molecule has 0 aliphatic heterocycles. The van der Waals surface area contributed by atoms with Crippen LogP contribution in [0.5, 0.6) is 0 Å². The van der Waals surface area contributed by atoms with E-state index in [1.165, 1.54) is 6.07 Å². The van der Waals surface area contributed by atoms with Gasteiger partial charge in [-0.15, -0.1) is 0 Å². The zero-order valence-corrected chi connectivity index (χ0v) is 13.4. The van der Waals surface area contributed by atoms with Crippen molar-refractivity contribution in [2.45, 2.75) is 24.4 Å². The molecule has 0 heterocycles. The zero-order valence-electron chi connectivity index (χ0n) is 13.4. The number of amides is 1. The van der Waals surface area contributed by atoms with Crippen molar-refractivity contribution >= 4 is 5.91 Å². The van der Waals surface area contributed by atoms with Crippen molar-refractivity contribution < 1.29 is 9.18 Å². The highest BCUT2D eigenvalue weighted by atomic mass is 19.1. The topological polar surface area (TPSA) is 32.3 Å². The molecule has 0 unspecified atom stereocenters. The molecule has 23 heavy (non-hydrogen) atoms. The number of carbonyl (C=O) groups excluding carboxylic acids is 1. The van der Waals surface area contributed by atoms with E-state index in [2.05, 4.69) is 5.32 Å². The molecule has 1 aliphatic rings. The molecule has 0 aromatic heterocycles. The third-order valence-electron chi connectivity index (χ3n) is 4.27. The van der Waals surface area contributed by atoms with E-state index < -0.39 is 0 Å². The third kappa shape index (κ3) is 3.59. The van der Waals surface area contributed by atoms with Gasteiger partial charge in [0.1, 0.15) is 11.9 Å². The van der Waals surface area contributed by atoms with Crippen molar-refractivity contribution in [3.63, 3.8) is 0 Å². The van der Waals surface area contributed by atoms with Crippen LogP contribution in [-0.2, 0) is 4.79 Å². The lowest BCUT2D eigenvalue weighted by Crippen LogP contribution is -2.38. The van der Waals surface area contributed by atoms with Crippen molar-refractivity contribution in [2.75, 3.05) is 14.1 Å². The van der Waals surface area contributed by atoms with Crippen LogP contribution in [0.1, 0.15) is 29.5 Å². The summed E-state index contributed by atoms with van der Waals surface area (Å²) in [6.07, 6.45) is 0.865. The molecular formula is C19H21FN2O. The lowest BCUT2D eigenvalue weighted by Gasteiger charge is -2.24. The first-order chi connectivity index (χ1) is 11.1. The first-order valence-electron chi connectivity index (χ1n) is 7.83. The summed E-state index contributed by atoms with van der Waals surface area (Å²) in [5, 5.41) is 3.10. The molecule has 0 radical (unpaired) electrons. The molecule has 120 valence electrons. The van der Waals surface area contributed by atoms with Crippen LogP contribution in [0, 0.1) is 5.82 Å². The summed E-state index contributed by atoms with van der Waals surface area (Å²) in [7, 11) is 3.79. The Hall–Kier alpha value is -2.20. The van der Waals surface area contributed by atoms with Crippen molar-refractivity contribution in [1.29, 1.82) is 0 Å². The van der Waals surface area contributed by atoms with Gasteiger partial charge in [-0.3, -0.25) is 9.69 Å². The van der Waals surface area contributed by atoms with Crippen molar-refractivity contribution in [3.8, 4) is 0 Å². The zero-order chi connectivity index (χ0) is 16.4. The van der Waals surface area contributed by atoms with Gasteiger partial charge in [-0.2, -0.15) is 0 Å². The van der Waals surface area contributed by atoms with Gasteiger partial charge < -0.3 is 5.32 Å². The number of hydrogen-bond acceptors (Lipinski definition) is 2. The van der Waals surface area contributed by atoms with E-state index >= 15 is 0 Å². The Kier molecular flexibility index (Phi) is 4.44. The number of nitrogens with one attached hydrogen (secondary N) is 1. The van der Waals surface area contributed by atoms with E-state index in [4.69, 9.17) is 0 Å². The fourth-order valence-electron chi connectivity index (χ4n) is 3.04. The van der Waals surface area contributed by atoms with Crippen LogP contribution in [0.4, 0.5) is 4.39 Å². The van der Waals surface area contributed by atoms with Crippen molar-refractivity contribution in [1.82, 2.24) is 10.2 Å². The summed E-state index contributed by atoms with van der Waals surface area (Å²) >= 11 is 0. The van der Waals surface area contributed by atoms with E-state index in [0.717, 1.165) is 17.5 Å². The standard InChI is InChI=1S/C19H21FN2O/c1-22(2)18(13-7-4-3-5-8-13)19(23)21-17-12-16(17)14-9-6-10-15(20)11-14/h3-11,16-18H,12H2,1-2H3,(H,21,23)/t16-,17-,18-/m0/s1. The van der Waals surface area contributed by atoms with Crippen molar-refractivity contribution in [2.24, 2.45) is 0 Å². The molecule has 2 aromatic rings. The molecule has 1 fully saturated rings. The number of hydrogen-bond donors (Lipinski definition) is 1. The summed E-state index contributed by atoms with van der Waals surface area (Å²) < 4.78 is 13.3. The maximum Gasteiger partial charge on any atom is 0.242 e. The molecule has 4 heteroatoms. The molecule has 0 saturated heterocycles. The molecule has 1 amide bonds. The molecule has 3 nitrogen and oxygen atoms in total. The number of halogens is 1. The van der Waals surface area contributed by atoms with E-state index in [1.807, 2.05) is 55.4 Å². The molecule has 1 saturated carbocycles. The van der Waals surface area contributed by atoms with Gasteiger partial charge in [-0.05, 0) is 43.8 Å². The largest absolute Gasteiger partial charge is 0.351 e. The minimum atomic E-state index is -0.315. The smallest absolute Gasteiger partial charge is 0.242 e. The maximum absolute atomic E-state index is 13.3. The third-order valence-corrected chi connectivity index (χ3v) is 4.27. The molecule has 0 bridgehead atoms. The summed E-state index contributed by atoms with van der Waals surface area (Å²) in [5.41, 5.74) is 1.93. The van der Waals surface area contributed by atoms with Gasteiger partial charge in [0.25, 0.3) is 0 Å². The summed E-state index contributed by atoms with van der Waals surface area (Å²) in [5.74, 6) is -0.0201.